The Morgan fingerprint density at radius 3 is 3.25 bits per heavy atom. The van der Waals surface area contributed by atoms with Crippen molar-refractivity contribution in [1.29, 1.82) is 5.26 Å². The Hall–Kier alpha value is -1.89. The molecule has 0 spiro atoms. The highest BCUT2D eigenvalue weighted by Crippen LogP contribution is 2.12. The molecule has 0 aliphatic carbocycles. The topological polar surface area (TPSA) is 62.7 Å². The maximum absolute atomic E-state index is 8.41. The van der Waals surface area contributed by atoms with Crippen LogP contribution >= 0.6 is 0 Å². The first-order valence-corrected chi connectivity index (χ1v) is 3.46. The van der Waals surface area contributed by atoms with E-state index in [9.17, 15) is 0 Å². The van der Waals surface area contributed by atoms with Crippen LogP contribution in [0.3, 0.4) is 0 Å². The first kappa shape index (κ1) is 6.80. The van der Waals surface area contributed by atoms with Crippen molar-refractivity contribution in [3.8, 4) is 6.07 Å². The van der Waals surface area contributed by atoms with E-state index in [-0.39, 0.29) is 0 Å². The average molecular weight is 159 g/mol. The molecular formula is C8H5N3O. The molecule has 0 saturated carbocycles. The highest BCUT2D eigenvalue weighted by atomic mass is 16.5. The van der Waals surface area contributed by atoms with E-state index in [2.05, 4.69) is 10.1 Å². The van der Waals surface area contributed by atoms with Crippen molar-refractivity contribution in [1.82, 2.24) is 10.1 Å². The molecule has 12 heavy (non-hydrogen) atoms. The van der Waals surface area contributed by atoms with E-state index >= 15 is 0 Å². The first-order chi connectivity index (χ1) is 5.90. The zero-order valence-electron chi connectivity index (χ0n) is 6.19. The Morgan fingerprint density at radius 2 is 2.42 bits per heavy atom. The van der Waals surface area contributed by atoms with E-state index in [4.69, 9.17) is 9.78 Å². The second kappa shape index (κ2) is 2.62. The molecule has 0 unspecified atom stereocenters. The minimum absolute atomic E-state index is 0.302. The van der Waals surface area contributed by atoms with E-state index in [1.807, 2.05) is 6.07 Å². The lowest BCUT2D eigenvalue weighted by molar-refractivity contribution is 0.456. The normalized spacial score (nSPS) is 9.92. The zero-order valence-corrected chi connectivity index (χ0v) is 6.19. The average Bonchev–Trinajstić information content (AvgIpc) is 2.51. The summed E-state index contributed by atoms with van der Waals surface area (Å²) in [6.07, 6.45) is 3.55. The number of rotatable bonds is 1. The van der Waals surface area contributed by atoms with Crippen LogP contribution in [0.15, 0.2) is 23.0 Å². The van der Waals surface area contributed by atoms with Crippen molar-refractivity contribution in [3.63, 3.8) is 0 Å². The van der Waals surface area contributed by atoms with Gasteiger partial charge >= 0.3 is 0 Å². The van der Waals surface area contributed by atoms with Crippen molar-refractivity contribution in [2.24, 2.45) is 0 Å². The number of hydrogen-bond acceptors (Lipinski definition) is 4. The molecule has 0 N–H and O–H groups in total. The van der Waals surface area contributed by atoms with Gasteiger partial charge in [0.1, 0.15) is 0 Å². The zero-order chi connectivity index (χ0) is 8.39. The third-order valence-electron chi connectivity index (χ3n) is 1.55. The molecule has 0 bridgehead atoms. The molecule has 0 aromatic carbocycles. The van der Waals surface area contributed by atoms with Crippen molar-refractivity contribution < 1.29 is 4.52 Å². The van der Waals surface area contributed by atoms with Gasteiger partial charge < -0.3 is 4.52 Å². The molecule has 0 fully saturated rings. The predicted molar refractivity (Wildman–Crippen MR) is 41.1 cm³/mol. The Morgan fingerprint density at radius 1 is 1.50 bits per heavy atom. The van der Waals surface area contributed by atoms with Gasteiger partial charge in [-0.3, -0.25) is 4.98 Å². The molecule has 0 saturated heterocycles. The van der Waals surface area contributed by atoms with Gasteiger partial charge in [-0.15, -0.1) is 0 Å². The van der Waals surface area contributed by atoms with Crippen LogP contribution in [-0.4, -0.2) is 10.1 Å². The van der Waals surface area contributed by atoms with Gasteiger partial charge in [-0.1, -0.05) is 5.16 Å². The third-order valence-corrected chi connectivity index (χ3v) is 1.55. The van der Waals surface area contributed by atoms with Gasteiger partial charge in [0.25, 0.3) is 0 Å². The molecular weight excluding hydrogens is 154 g/mol. The summed E-state index contributed by atoms with van der Waals surface area (Å²) in [6.45, 7) is 0. The van der Waals surface area contributed by atoms with Gasteiger partial charge in [0.05, 0.1) is 29.8 Å². The molecule has 2 aromatic rings. The fourth-order valence-corrected chi connectivity index (χ4v) is 0.982. The van der Waals surface area contributed by atoms with Crippen LogP contribution in [-0.2, 0) is 6.42 Å². The van der Waals surface area contributed by atoms with Crippen molar-refractivity contribution in [2.75, 3.05) is 0 Å². The summed E-state index contributed by atoms with van der Waals surface area (Å²) < 4.78 is 4.91. The van der Waals surface area contributed by atoms with Crippen LogP contribution in [0.4, 0.5) is 0 Å². The highest BCUT2D eigenvalue weighted by molar-refractivity contribution is 5.74. The Bertz CT molecular complexity index is 441. The van der Waals surface area contributed by atoms with Gasteiger partial charge in [-0.2, -0.15) is 5.26 Å². The summed E-state index contributed by atoms with van der Waals surface area (Å²) >= 11 is 0. The molecule has 0 aliphatic heterocycles. The summed E-state index contributed by atoms with van der Waals surface area (Å²) in [5, 5.41) is 12.9. The second-order valence-corrected chi connectivity index (χ2v) is 2.37. The minimum atomic E-state index is 0.302. The molecule has 2 rings (SSSR count). The van der Waals surface area contributed by atoms with Crippen LogP contribution < -0.4 is 0 Å². The van der Waals surface area contributed by atoms with Crippen LogP contribution in [0.1, 0.15) is 5.69 Å². The largest absolute Gasteiger partial charge is 0.356 e. The lowest BCUT2D eigenvalue weighted by Crippen LogP contribution is -1.85. The van der Waals surface area contributed by atoms with E-state index in [0.717, 1.165) is 5.39 Å². The summed E-state index contributed by atoms with van der Waals surface area (Å²) in [4.78, 5) is 4.05. The predicted octanol–water partition coefficient (Wildman–Crippen LogP) is 1.29. The fraction of sp³-hybridized carbons (Fsp3) is 0.125. The van der Waals surface area contributed by atoms with Crippen molar-refractivity contribution >= 4 is 11.0 Å². The van der Waals surface area contributed by atoms with Gasteiger partial charge in [0.15, 0.2) is 5.58 Å². The van der Waals surface area contributed by atoms with Crippen LogP contribution in [0.25, 0.3) is 11.0 Å². The maximum atomic E-state index is 8.41. The van der Waals surface area contributed by atoms with Crippen LogP contribution in [0.2, 0.25) is 0 Å². The van der Waals surface area contributed by atoms with Gasteiger partial charge in [0.2, 0.25) is 0 Å². The lowest BCUT2D eigenvalue weighted by atomic mass is 10.2. The highest BCUT2D eigenvalue weighted by Gasteiger charge is 2.00. The third kappa shape index (κ3) is 1.01. The Labute approximate surface area is 68.4 Å². The number of nitrogens with zero attached hydrogens (tertiary/aromatic N) is 3. The molecule has 0 amide bonds. The monoisotopic (exact) mass is 159 g/mol. The summed E-state index contributed by atoms with van der Waals surface area (Å²) in [7, 11) is 0. The van der Waals surface area contributed by atoms with E-state index in [1.165, 1.54) is 0 Å². The van der Waals surface area contributed by atoms with Gasteiger partial charge in [-0.25, -0.2) is 0 Å². The van der Waals surface area contributed by atoms with Gasteiger partial charge in [0, 0.05) is 12.3 Å². The summed E-state index contributed by atoms with van der Waals surface area (Å²) in [6, 6.07) is 3.74. The summed E-state index contributed by atoms with van der Waals surface area (Å²) in [5.41, 5.74) is 1.39. The Balaban J connectivity index is 2.54. The number of aromatic nitrogens is 2. The molecule has 58 valence electrons. The maximum Gasteiger partial charge on any atom is 0.170 e. The second-order valence-electron chi connectivity index (χ2n) is 2.37. The van der Waals surface area contributed by atoms with Crippen molar-refractivity contribution in [2.45, 2.75) is 6.42 Å². The molecule has 0 radical (unpaired) electrons. The molecule has 2 heterocycles. The molecule has 4 nitrogen and oxygen atoms in total. The molecule has 4 heteroatoms. The molecule has 2 aromatic heterocycles. The smallest absolute Gasteiger partial charge is 0.170 e. The number of nitriles is 1. The van der Waals surface area contributed by atoms with Gasteiger partial charge in [-0.05, 0) is 0 Å². The molecule has 0 aliphatic rings. The minimum Gasteiger partial charge on any atom is -0.356 e. The Kier molecular flexibility index (Phi) is 1.49. The SMILES string of the molecule is N#CCc1cc2oncc2cn1. The fourth-order valence-electron chi connectivity index (χ4n) is 0.982. The van der Waals surface area contributed by atoms with Crippen LogP contribution in [0.5, 0.6) is 0 Å². The number of fused-ring (bicyclic) bond motifs is 1. The number of hydrogen-bond donors (Lipinski definition) is 0. The summed E-state index contributed by atoms with van der Waals surface area (Å²) in [5.74, 6) is 0. The quantitative estimate of drug-likeness (QED) is 0.628. The number of pyridine rings is 1. The van der Waals surface area contributed by atoms with Crippen molar-refractivity contribution in [3.05, 3.63) is 24.2 Å². The van der Waals surface area contributed by atoms with E-state index in [0.29, 0.717) is 17.7 Å². The van der Waals surface area contributed by atoms with E-state index < -0.39 is 0 Å². The standard InChI is InChI=1S/C8H5N3O/c9-2-1-7-3-8-6(4-10-7)5-11-12-8/h3-5H,1H2. The lowest BCUT2D eigenvalue weighted by Gasteiger charge is -1.90. The first-order valence-electron chi connectivity index (χ1n) is 3.46. The van der Waals surface area contributed by atoms with E-state index in [1.54, 1.807) is 18.5 Å². The molecule has 0 atom stereocenters. The van der Waals surface area contributed by atoms with Crippen LogP contribution in [0, 0.1) is 11.3 Å².